The second kappa shape index (κ2) is 9.91. The SMILES string of the molecule is CCCCN(OCC(=O)O)C(=O)CN[C-]=O.[Fm]. The van der Waals surface area contributed by atoms with Gasteiger partial charge >= 0.3 is 5.97 Å². The van der Waals surface area contributed by atoms with Crippen LogP contribution in [0.3, 0.4) is 0 Å². The Hall–Kier alpha value is -2.63. The van der Waals surface area contributed by atoms with Gasteiger partial charge in [0.25, 0.3) is 5.91 Å². The van der Waals surface area contributed by atoms with Gasteiger partial charge in [-0.2, -0.15) is 6.41 Å². The molecule has 0 saturated carbocycles. The number of rotatable bonds is 9. The molecule has 7 nitrogen and oxygen atoms in total. The molecule has 0 aliphatic rings. The molecule has 0 rings (SSSR count). The molecule has 0 bridgehead atoms. The molecule has 104 valence electrons. The zero-order valence-corrected chi connectivity index (χ0v) is 11.8. The summed E-state index contributed by atoms with van der Waals surface area (Å²) in [6, 6.07) is 0. The van der Waals surface area contributed by atoms with E-state index in [0.29, 0.717) is 13.0 Å². The van der Waals surface area contributed by atoms with Crippen molar-refractivity contribution in [3.63, 3.8) is 0 Å². The summed E-state index contributed by atoms with van der Waals surface area (Å²) in [5, 5.41) is 11.4. The first kappa shape index (κ1) is 16.8. The number of nitrogens with one attached hydrogen (secondary N) is 1. The summed E-state index contributed by atoms with van der Waals surface area (Å²) < 4.78 is 0. The van der Waals surface area contributed by atoms with Crippen molar-refractivity contribution in [2.24, 2.45) is 0 Å². The molecule has 0 spiro atoms. The molecule has 0 saturated heterocycles. The summed E-state index contributed by atoms with van der Waals surface area (Å²) in [5.41, 5.74) is 0. The molecular formula is C9H15FmN2O5-. The summed E-state index contributed by atoms with van der Waals surface area (Å²) in [6.45, 7) is 1.38. The smallest absolute Gasteiger partial charge is 0.332 e. The van der Waals surface area contributed by atoms with Gasteiger partial charge in [-0.1, -0.05) is 13.3 Å². The fraction of sp³-hybridized carbons (Fsp3) is 0.667. The van der Waals surface area contributed by atoms with Gasteiger partial charge in [0.1, 0.15) is 0 Å². The third-order valence-corrected chi connectivity index (χ3v) is 1.65. The fourth-order valence-corrected chi connectivity index (χ4v) is 0.896. The first-order chi connectivity index (χ1) is 7.61. The Morgan fingerprint density at radius 3 is 2.59 bits per heavy atom. The largest absolute Gasteiger partial charge is 0.522 e. The topological polar surface area (TPSA) is 95.9 Å². The molecule has 0 fully saturated rings. The van der Waals surface area contributed by atoms with Crippen molar-refractivity contribution in [1.29, 1.82) is 0 Å². The van der Waals surface area contributed by atoms with Crippen LogP contribution in [0.25, 0.3) is 0 Å². The number of nitrogens with zero attached hydrogens (tertiary/aromatic N) is 1. The third kappa shape index (κ3) is 8.37. The number of amides is 2. The van der Waals surface area contributed by atoms with Crippen molar-refractivity contribution >= 4 is 18.3 Å². The third-order valence-electron chi connectivity index (χ3n) is 1.65. The number of carboxylic acid groups (broad SMARTS) is 1. The Morgan fingerprint density at radius 1 is 1.47 bits per heavy atom. The Morgan fingerprint density at radius 2 is 2.12 bits per heavy atom. The Kier molecular flexibility index (Phi) is 9.78. The maximum Gasteiger partial charge on any atom is 0.332 e. The first-order valence-electron chi connectivity index (χ1n) is 4.86. The summed E-state index contributed by atoms with van der Waals surface area (Å²) >= 11 is 0. The molecular weight excluding hydrogens is 473 g/mol. The van der Waals surface area contributed by atoms with E-state index in [-0.39, 0.29) is 6.54 Å². The van der Waals surface area contributed by atoms with Gasteiger partial charge in [-0.3, -0.25) is 9.63 Å². The van der Waals surface area contributed by atoms with E-state index in [0.717, 1.165) is 11.5 Å². The van der Waals surface area contributed by atoms with Crippen LogP contribution in [0.5, 0.6) is 0 Å². The molecule has 8 heteroatoms. The van der Waals surface area contributed by atoms with Crippen molar-refractivity contribution in [2.45, 2.75) is 19.8 Å². The molecule has 0 atom stereocenters. The number of hydroxylamine groups is 2. The van der Waals surface area contributed by atoms with Crippen LogP contribution >= 0.6 is 0 Å². The van der Waals surface area contributed by atoms with Crippen molar-refractivity contribution in [1.82, 2.24) is 10.4 Å². The molecule has 2 amide bonds. The van der Waals surface area contributed by atoms with Crippen molar-refractivity contribution in [3.05, 3.63) is 0 Å². The van der Waals surface area contributed by atoms with Crippen molar-refractivity contribution < 1.29 is 24.3 Å². The molecule has 0 aliphatic heterocycles. The van der Waals surface area contributed by atoms with Crippen LogP contribution in [0.2, 0.25) is 0 Å². The van der Waals surface area contributed by atoms with Crippen molar-refractivity contribution in [2.75, 3.05) is 19.7 Å². The second-order valence-corrected chi connectivity index (χ2v) is 2.97. The summed E-state index contributed by atoms with van der Waals surface area (Å²) in [5.74, 6) is -1.66. The van der Waals surface area contributed by atoms with Gasteiger partial charge in [0.05, 0.1) is 6.54 Å². The minimum Gasteiger partial charge on any atom is -0.522 e. The van der Waals surface area contributed by atoms with E-state index in [1.807, 2.05) is 6.92 Å². The number of carboxylic acids is 1. The van der Waals surface area contributed by atoms with Crippen LogP contribution in [-0.2, 0) is 19.2 Å². The Balaban J connectivity index is 0. The number of unbranched alkanes of at least 4 members (excludes halogenated alkanes) is 1. The Bertz CT molecular complexity index is 250. The Labute approximate surface area is 93.3 Å². The van der Waals surface area contributed by atoms with Gasteiger partial charge in [-0.25, -0.2) is 9.86 Å². The van der Waals surface area contributed by atoms with Gasteiger partial charge in [-0.05, 0) is 6.42 Å². The summed E-state index contributed by atoms with van der Waals surface area (Å²) in [4.78, 5) is 36.3. The zero-order valence-electron chi connectivity index (χ0n) is 9.35. The van der Waals surface area contributed by atoms with Crippen LogP contribution in [0.15, 0.2) is 0 Å². The van der Waals surface area contributed by atoms with E-state index in [1.165, 1.54) is 6.41 Å². The van der Waals surface area contributed by atoms with Crippen LogP contribution in [0, 0.1) is 0 Å². The minimum absolute atomic E-state index is 0. The summed E-state index contributed by atoms with van der Waals surface area (Å²) in [7, 11) is 0. The molecule has 0 unspecified atom stereocenters. The fourth-order valence-electron chi connectivity index (χ4n) is 0.896. The van der Waals surface area contributed by atoms with E-state index >= 15 is 0 Å². The number of hydrogen-bond donors (Lipinski definition) is 2. The van der Waals surface area contributed by atoms with Crippen LogP contribution in [0.1, 0.15) is 19.8 Å². The average Bonchev–Trinajstić information content (AvgIpc) is 2.25. The van der Waals surface area contributed by atoms with Crippen LogP contribution in [-0.4, -0.2) is 48.2 Å². The van der Waals surface area contributed by atoms with E-state index in [4.69, 9.17) is 9.94 Å². The first-order valence-corrected chi connectivity index (χ1v) is 4.86. The van der Waals surface area contributed by atoms with Crippen LogP contribution < -0.4 is 5.32 Å². The van der Waals surface area contributed by atoms with E-state index in [2.05, 4.69) is 5.32 Å². The number of carbonyl (C=O) groups excluding carboxylic acids is 2. The predicted molar refractivity (Wildman–Crippen MR) is 53.9 cm³/mol. The van der Waals surface area contributed by atoms with Gasteiger partial charge in [0.2, 0.25) is 0 Å². The van der Waals surface area contributed by atoms with Crippen molar-refractivity contribution in [3.8, 4) is 0 Å². The van der Waals surface area contributed by atoms with E-state index in [9.17, 15) is 14.4 Å². The average molecular weight is 488 g/mol. The van der Waals surface area contributed by atoms with Gasteiger partial charge in [-0.15, -0.1) is 0 Å². The quantitative estimate of drug-likeness (QED) is 0.254. The normalized spacial score (nSPS) is 9.00. The second-order valence-electron chi connectivity index (χ2n) is 2.97. The standard InChI is InChI=1S/C9H15N2O5.Fm/c1-2-3-4-11(16-6-9(14)15)8(13)5-10-7-12;/h2-6H2,1H3,(H,10,12)(H,14,15);/q-1;. The molecule has 2 N–H and O–H groups in total. The maximum absolute atomic E-state index is 11.4. The molecule has 0 heterocycles. The molecule has 0 aromatic heterocycles. The van der Waals surface area contributed by atoms with E-state index in [1.54, 1.807) is 0 Å². The zero-order chi connectivity index (χ0) is 12.4. The summed E-state index contributed by atoms with van der Waals surface area (Å²) in [6.07, 6.45) is 2.89. The van der Waals surface area contributed by atoms with Gasteiger partial charge < -0.3 is 15.2 Å². The number of carbonyl (C=O) groups is 2. The minimum atomic E-state index is -1.16. The molecule has 17 heavy (non-hydrogen) atoms. The number of hydrogen-bond acceptors (Lipinski definition) is 4. The van der Waals surface area contributed by atoms with Crippen LogP contribution in [0.4, 0.5) is 0 Å². The molecule has 0 radical (unpaired) electrons. The number of aliphatic carboxylic acids is 1. The molecule has 0 aromatic carbocycles. The molecule has 0 aromatic rings. The monoisotopic (exact) mass is 488 g/mol. The molecule has 0 aliphatic carbocycles. The van der Waals surface area contributed by atoms with Gasteiger partial charge in [0, 0.05) is 6.54 Å². The van der Waals surface area contributed by atoms with Gasteiger partial charge in [0.15, 0.2) is 6.61 Å². The van der Waals surface area contributed by atoms with E-state index < -0.39 is 18.5 Å². The predicted octanol–water partition coefficient (Wildman–Crippen LogP) is -0.712. The maximum atomic E-state index is 11.4.